The van der Waals surface area contributed by atoms with Crippen LogP contribution in [0, 0.1) is 11.3 Å². The van der Waals surface area contributed by atoms with Crippen LogP contribution in [-0.2, 0) is 16.4 Å². The number of nitriles is 1. The van der Waals surface area contributed by atoms with Gasteiger partial charge in [0.1, 0.15) is 11.8 Å². The number of ether oxygens (including phenoxy) is 1. The average Bonchev–Trinajstić information content (AvgIpc) is 2.72. The van der Waals surface area contributed by atoms with Crippen LogP contribution in [-0.4, -0.2) is 31.9 Å². The highest BCUT2D eigenvalue weighted by molar-refractivity contribution is 7.90. The van der Waals surface area contributed by atoms with Gasteiger partial charge in [-0.2, -0.15) is 5.26 Å². The van der Waals surface area contributed by atoms with Gasteiger partial charge in [0.2, 0.25) is 0 Å². The van der Waals surface area contributed by atoms with Crippen molar-refractivity contribution in [2.24, 2.45) is 0 Å². The van der Waals surface area contributed by atoms with Crippen molar-refractivity contribution in [1.82, 2.24) is 4.98 Å². The number of pyridine rings is 1. The second kappa shape index (κ2) is 7.80. The molecule has 28 heavy (non-hydrogen) atoms. The van der Waals surface area contributed by atoms with Crippen LogP contribution in [0.2, 0.25) is 0 Å². The number of aliphatic hydroxyl groups is 1. The van der Waals surface area contributed by atoms with E-state index in [0.717, 1.165) is 17.4 Å². The number of methoxy groups -OCH3 is 1. The van der Waals surface area contributed by atoms with E-state index in [4.69, 9.17) is 4.74 Å². The van der Waals surface area contributed by atoms with Crippen LogP contribution < -0.4 is 4.74 Å². The number of hydrogen-bond donors (Lipinski definition) is 1. The van der Waals surface area contributed by atoms with Crippen LogP contribution in [0.15, 0.2) is 59.8 Å². The van der Waals surface area contributed by atoms with E-state index >= 15 is 0 Å². The van der Waals surface area contributed by atoms with Crippen molar-refractivity contribution in [1.29, 1.82) is 5.26 Å². The maximum atomic E-state index is 12.2. The maximum absolute atomic E-state index is 12.2. The van der Waals surface area contributed by atoms with E-state index in [1.807, 2.05) is 0 Å². The average molecular weight is 394 g/mol. The number of sulfone groups is 1. The Morgan fingerprint density at radius 2 is 1.82 bits per heavy atom. The first-order chi connectivity index (χ1) is 13.4. The fourth-order valence-corrected chi connectivity index (χ4v) is 3.57. The van der Waals surface area contributed by atoms with E-state index in [1.165, 1.54) is 19.4 Å². The van der Waals surface area contributed by atoms with Crippen LogP contribution >= 0.6 is 0 Å². The van der Waals surface area contributed by atoms with Gasteiger partial charge in [0.25, 0.3) is 0 Å². The van der Waals surface area contributed by atoms with Crippen molar-refractivity contribution in [3.8, 4) is 34.1 Å². The smallest absolute Gasteiger partial charge is 0.175 e. The van der Waals surface area contributed by atoms with Crippen molar-refractivity contribution in [2.75, 3.05) is 13.4 Å². The summed E-state index contributed by atoms with van der Waals surface area (Å²) < 4.78 is 29.9. The molecule has 0 bridgehead atoms. The molecule has 6 nitrogen and oxygen atoms in total. The summed E-state index contributed by atoms with van der Waals surface area (Å²) >= 11 is 0. The Morgan fingerprint density at radius 1 is 1.11 bits per heavy atom. The topological polar surface area (TPSA) is 100 Å². The second-order valence-corrected chi connectivity index (χ2v) is 8.27. The zero-order valence-corrected chi connectivity index (χ0v) is 16.2. The van der Waals surface area contributed by atoms with Crippen LogP contribution in [0.4, 0.5) is 0 Å². The van der Waals surface area contributed by atoms with Crippen LogP contribution in [0.5, 0.6) is 5.75 Å². The van der Waals surface area contributed by atoms with Crippen molar-refractivity contribution < 1.29 is 18.3 Å². The van der Waals surface area contributed by atoms with E-state index in [9.17, 15) is 18.8 Å². The van der Waals surface area contributed by atoms with Crippen molar-refractivity contribution in [2.45, 2.75) is 11.5 Å². The summed E-state index contributed by atoms with van der Waals surface area (Å²) in [6.07, 6.45) is 4.19. The van der Waals surface area contributed by atoms with E-state index in [2.05, 4.69) is 11.1 Å². The third-order valence-corrected chi connectivity index (χ3v) is 5.42. The van der Waals surface area contributed by atoms with Crippen LogP contribution in [0.3, 0.4) is 0 Å². The van der Waals surface area contributed by atoms with E-state index in [0.29, 0.717) is 28.0 Å². The molecular formula is C21H18N2O4S. The largest absolute Gasteiger partial charge is 0.496 e. The molecule has 1 heterocycles. The zero-order chi connectivity index (χ0) is 20.3. The minimum Gasteiger partial charge on any atom is -0.496 e. The zero-order valence-electron chi connectivity index (χ0n) is 15.4. The quantitative estimate of drug-likeness (QED) is 0.713. The Labute approximate surface area is 163 Å². The predicted octanol–water partition coefficient (Wildman–Crippen LogP) is 3.19. The van der Waals surface area contributed by atoms with Gasteiger partial charge in [0.15, 0.2) is 9.84 Å². The normalized spacial score (nSPS) is 11.1. The summed E-state index contributed by atoms with van der Waals surface area (Å²) in [6, 6.07) is 13.9. The summed E-state index contributed by atoms with van der Waals surface area (Å²) in [5.41, 5.74) is 3.77. The van der Waals surface area contributed by atoms with Crippen LogP contribution in [0.1, 0.15) is 11.1 Å². The summed E-state index contributed by atoms with van der Waals surface area (Å²) in [5, 5.41) is 18.5. The molecule has 0 aliphatic rings. The Kier molecular flexibility index (Phi) is 5.45. The second-order valence-electron chi connectivity index (χ2n) is 6.25. The summed E-state index contributed by atoms with van der Waals surface area (Å²) in [7, 11) is -2.02. The Hall–Kier alpha value is -3.21. The standard InChI is InChI=1S/C21H18N2O4S/c1-27-20-9-18(28(2,25)26)8-19(16-5-3-14(13-24)4-6-16)21(20)17-7-15(10-22)11-23-12-17/h3-9,11-12,24H,13H2,1-2H3. The molecule has 0 unspecified atom stereocenters. The molecule has 142 valence electrons. The first-order valence-electron chi connectivity index (χ1n) is 8.35. The number of aliphatic hydroxyl groups excluding tert-OH is 1. The van der Waals surface area contributed by atoms with Crippen LogP contribution in [0.25, 0.3) is 22.3 Å². The maximum Gasteiger partial charge on any atom is 0.175 e. The Balaban J connectivity index is 2.36. The highest BCUT2D eigenvalue weighted by Gasteiger charge is 2.20. The number of benzene rings is 2. The lowest BCUT2D eigenvalue weighted by Crippen LogP contribution is -2.01. The number of aromatic nitrogens is 1. The van der Waals surface area contributed by atoms with Gasteiger partial charge < -0.3 is 9.84 Å². The highest BCUT2D eigenvalue weighted by Crippen LogP contribution is 2.41. The van der Waals surface area contributed by atoms with Crippen molar-refractivity contribution in [3.05, 3.63) is 66.0 Å². The third-order valence-electron chi connectivity index (χ3n) is 4.33. The van der Waals surface area contributed by atoms with Gasteiger partial charge >= 0.3 is 0 Å². The monoisotopic (exact) mass is 394 g/mol. The lowest BCUT2D eigenvalue weighted by Gasteiger charge is -2.17. The fourth-order valence-electron chi connectivity index (χ4n) is 2.92. The van der Waals surface area contributed by atoms with Gasteiger partial charge in [-0.25, -0.2) is 8.42 Å². The lowest BCUT2D eigenvalue weighted by molar-refractivity contribution is 0.282. The minimum atomic E-state index is -3.48. The summed E-state index contributed by atoms with van der Waals surface area (Å²) in [5.74, 6) is 0.362. The van der Waals surface area contributed by atoms with E-state index in [1.54, 1.807) is 42.6 Å². The minimum absolute atomic E-state index is 0.0893. The molecule has 7 heteroatoms. The molecule has 3 aromatic rings. The molecule has 0 amide bonds. The fraction of sp³-hybridized carbons (Fsp3) is 0.143. The Morgan fingerprint density at radius 3 is 2.39 bits per heavy atom. The van der Waals surface area contributed by atoms with Gasteiger partial charge in [-0.1, -0.05) is 24.3 Å². The lowest BCUT2D eigenvalue weighted by atomic mass is 9.93. The molecule has 0 saturated heterocycles. The molecule has 0 fully saturated rings. The first-order valence-corrected chi connectivity index (χ1v) is 10.2. The Bertz CT molecular complexity index is 1160. The summed E-state index contributed by atoms with van der Waals surface area (Å²) in [4.78, 5) is 4.24. The molecule has 0 aliphatic heterocycles. The van der Waals surface area contributed by atoms with Gasteiger partial charge in [-0.05, 0) is 34.9 Å². The molecule has 1 aromatic heterocycles. The van der Waals surface area contributed by atoms with Gasteiger partial charge in [0.05, 0.1) is 24.2 Å². The van der Waals surface area contributed by atoms with E-state index in [-0.39, 0.29) is 11.5 Å². The van der Waals surface area contributed by atoms with Gasteiger partial charge in [0, 0.05) is 29.8 Å². The van der Waals surface area contributed by atoms with Crippen molar-refractivity contribution in [3.63, 3.8) is 0 Å². The number of rotatable bonds is 5. The van der Waals surface area contributed by atoms with Gasteiger partial charge in [-0.15, -0.1) is 0 Å². The number of nitrogens with zero attached hydrogens (tertiary/aromatic N) is 2. The van der Waals surface area contributed by atoms with E-state index < -0.39 is 9.84 Å². The first kappa shape index (κ1) is 19.5. The number of hydrogen-bond acceptors (Lipinski definition) is 6. The molecule has 0 atom stereocenters. The predicted molar refractivity (Wildman–Crippen MR) is 105 cm³/mol. The molecule has 0 aliphatic carbocycles. The van der Waals surface area contributed by atoms with Gasteiger partial charge in [-0.3, -0.25) is 4.98 Å². The molecule has 0 saturated carbocycles. The third kappa shape index (κ3) is 3.88. The molecular weight excluding hydrogens is 376 g/mol. The molecule has 0 radical (unpaired) electrons. The highest BCUT2D eigenvalue weighted by atomic mass is 32.2. The summed E-state index contributed by atoms with van der Waals surface area (Å²) in [6.45, 7) is -0.0893. The molecule has 0 spiro atoms. The molecule has 2 aromatic carbocycles. The molecule has 1 N–H and O–H groups in total. The molecule has 3 rings (SSSR count). The van der Waals surface area contributed by atoms with Crippen molar-refractivity contribution >= 4 is 9.84 Å². The SMILES string of the molecule is COc1cc(S(C)(=O)=O)cc(-c2ccc(CO)cc2)c1-c1cncc(C#N)c1.